The van der Waals surface area contributed by atoms with E-state index in [4.69, 9.17) is 4.74 Å². The molecule has 1 fully saturated rings. The van der Waals surface area contributed by atoms with E-state index >= 15 is 0 Å². The molecule has 0 atom stereocenters. The van der Waals surface area contributed by atoms with Gasteiger partial charge in [0.2, 0.25) is 0 Å². The van der Waals surface area contributed by atoms with Crippen LogP contribution in [0.3, 0.4) is 0 Å². The third kappa shape index (κ3) is 4.60. The normalized spacial score (nSPS) is 14.0. The van der Waals surface area contributed by atoms with Gasteiger partial charge in [0.15, 0.2) is 0 Å². The van der Waals surface area contributed by atoms with Gasteiger partial charge in [-0.1, -0.05) is 17.7 Å². The summed E-state index contributed by atoms with van der Waals surface area (Å²) in [5.74, 6) is -0.237. The first-order valence-corrected chi connectivity index (χ1v) is 9.49. The van der Waals surface area contributed by atoms with Crippen LogP contribution < -0.4 is 10.2 Å². The molecule has 148 valence electrons. The molecule has 0 unspecified atom stereocenters. The highest BCUT2D eigenvalue weighted by molar-refractivity contribution is 6.03. The third-order valence-corrected chi connectivity index (χ3v) is 4.78. The Kier molecular flexibility index (Phi) is 6.13. The van der Waals surface area contributed by atoms with E-state index in [1.165, 1.54) is 0 Å². The molecule has 0 spiro atoms. The van der Waals surface area contributed by atoms with Gasteiger partial charge in [0, 0.05) is 43.8 Å². The van der Waals surface area contributed by atoms with Gasteiger partial charge in [0.05, 0.1) is 6.61 Å². The average Bonchev–Trinajstić information content (AvgIpc) is 2.70. The van der Waals surface area contributed by atoms with Crippen molar-refractivity contribution in [3.05, 3.63) is 53.3 Å². The van der Waals surface area contributed by atoms with Crippen molar-refractivity contribution in [2.45, 2.75) is 20.8 Å². The summed E-state index contributed by atoms with van der Waals surface area (Å²) in [4.78, 5) is 32.5. The lowest BCUT2D eigenvalue weighted by atomic mass is 10.1. The number of piperazine rings is 1. The Hall–Kier alpha value is -3.09. The second kappa shape index (κ2) is 8.73. The fourth-order valence-corrected chi connectivity index (χ4v) is 3.24. The van der Waals surface area contributed by atoms with Crippen LogP contribution in [0.25, 0.3) is 0 Å². The van der Waals surface area contributed by atoms with Crippen molar-refractivity contribution in [1.82, 2.24) is 9.88 Å². The first-order valence-electron chi connectivity index (χ1n) is 9.49. The number of hydrogen-bond donors (Lipinski definition) is 1. The Labute approximate surface area is 165 Å². The molecule has 0 saturated carbocycles. The summed E-state index contributed by atoms with van der Waals surface area (Å²) in [7, 11) is 0. The van der Waals surface area contributed by atoms with Crippen LogP contribution in [0.2, 0.25) is 0 Å². The molecule has 0 bridgehead atoms. The highest BCUT2D eigenvalue weighted by Crippen LogP contribution is 2.20. The quantitative estimate of drug-likeness (QED) is 0.879. The number of anilines is 2. The van der Waals surface area contributed by atoms with Crippen LogP contribution in [0.4, 0.5) is 16.2 Å². The standard InChI is InChI=1S/C21H26N4O3/c1-4-28-21(27)25-11-9-24(10-12-25)17-7-8-22-19(14-17)20(26)23-18-6-5-15(2)13-16(18)3/h5-8,13-14H,4,9-12H2,1-3H3,(H,23,26). The van der Waals surface area contributed by atoms with Crippen molar-refractivity contribution in [2.75, 3.05) is 43.0 Å². The molecular formula is C21H26N4O3. The Morgan fingerprint density at radius 1 is 1.11 bits per heavy atom. The Morgan fingerprint density at radius 3 is 2.54 bits per heavy atom. The number of carbonyl (C=O) groups excluding carboxylic acids is 2. The van der Waals surface area contributed by atoms with E-state index in [1.54, 1.807) is 24.1 Å². The van der Waals surface area contributed by atoms with Crippen LogP contribution in [-0.4, -0.2) is 54.7 Å². The maximum absolute atomic E-state index is 12.6. The molecule has 7 heteroatoms. The second-order valence-electron chi connectivity index (χ2n) is 6.84. The van der Waals surface area contributed by atoms with Crippen molar-refractivity contribution in [3.63, 3.8) is 0 Å². The predicted molar refractivity (Wildman–Crippen MR) is 109 cm³/mol. The van der Waals surface area contributed by atoms with Gasteiger partial charge in [-0.25, -0.2) is 4.79 Å². The first-order chi connectivity index (χ1) is 13.5. The largest absolute Gasteiger partial charge is 0.450 e. The van der Waals surface area contributed by atoms with Crippen LogP contribution in [0.15, 0.2) is 36.5 Å². The van der Waals surface area contributed by atoms with Crippen molar-refractivity contribution < 1.29 is 14.3 Å². The van der Waals surface area contributed by atoms with Gasteiger partial charge in [-0.15, -0.1) is 0 Å². The van der Waals surface area contributed by atoms with Gasteiger partial charge in [-0.2, -0.15) is 0 Å². The molecule has 2 heterocycles. The predicted octanol–water partition coefficient (Wildman–Crippen LogP) is 3.23. The number of rotatable bonds is 4. The van der Waals surface area contributed by atoms with Gasteiger partial charge in [0.25, 0.3) is 5.91 Å². The van der Waals surface area contributed by atoms with Crippen molar-refractivity contribution in [3.8, 4) is 0 Å². The van der Waals surface area contributed by atoms with E-state index < -0.39 is 0 Å². The molecule has 2 aromatic rings. The molecule has 2 amide bonds. The fraction of sp³-hybridized carbons (Fsp3) is 0.381. The molecule has 1 aliphatic rings. The molecule has 0 radical (unpaired) electrons. The molecule has 28 heavy (non-hydrogen) atoms. The smallest absolute Gasteiger partial charge is 0.409 e. The zero-order chi connectivity index (χ0) is 20.1. The Morgan fingerprint density at radius 2 is 1.86 bits per heavy atom. The molecule has 1 aromatic heterocycles. The van der Waals surface area contributed by atoms with Crippen LogP contribution in [0, 0.1) is 13.8 Å². The van der Waals surface area contributed by atoms with Crippen molar-refractivity contribution in [2.24, 2.45) is 0 Å². The van der Waals surface area contributed by atoms with Crippen LogP contribution in [0.1, 0.15) is 28.5 Å². The number of carbonyl (C=O) groups is 2. The van der Waals surface area contributed by atoms with Crippen LogP contribution in [-0.2, 0) is 4.74 Å². The summed E-state index contributed by atoms with van der Waals surface area (Å²) in [5.41, 5.74) is 4.23. The van der Waals surface area contributed by atoms with Crippen LogP contribution in [0.5, 0.6) is 0 Å². The number of nitrogens with one attached hydrogen (secondary N) is 1. The zero-order valence-corrected chi connectivity index (χ0v) is 16.6. The Balaban J connectivity index is 1.65. The van der Waals surface area contributed by atoms with E-state index in [9.17, 15) is 9.59 Å². The van der Waals surface area contributed by atoms with Crippen molar-refractivity contribution in [1.29, 1.82) is 0 Å². The number of benzene rings is 1. The van der Waals surface area contributed by atoms with E-state index in [1.807, 2.05) is 38.1 Å². The van der Waals surface area contributed by atoms with Gasteiger partial charge in [-0.05, 0) is 44.5 Å². The van der Waals surface area contributed by atoms with E-state index in [0.717, 1.165) is 22.5 Å². The minimum atomic E-state index is -0.273. The number of nitrogens with zero attached hydrogens (tertiary/aromatic N) is 3. The molecule has 0 aliphatic carbocycles. The Bertz CT molecular complexity index is 860. The lowest BCUT2D eigenvalue weighted by Crippen LogP contribution is -2.49. The SMILES string of the molecule is CCOC(=O)N1CCN(c2ccnc(C(=O)Nc3ccc(C)cc3C)c2)CC1. The van der Waals surface area contributed by atoms with Gasteiger partial charge >= 0.3 is 6.09 Å². The molecule has 1 aliphatic heterocycles. The molecule has 1 saturated heterocycles. The summed E-state index contributed by atoms with van der Waals surface area (Å²) in [6, 6.07) is 9.58. The highest BCUT2D eigenvalue weighted by atomic mass is 16.6. The lowest BCUT2D eigenvalue weighted by molar-refractivity contribution is 0.102. The zero-order valence-electron chi connectivity index (χ0n) is 16.6. The topological polar surface area (TPSA) is 74.8 Å². The number of aryl methyl sites for hydroxylation is 2. The number of pyridine rings is 1. The molecule has 3 rings (SSSR count). The maximum atomic E-state index is 12.6. The number of hydrogen-bond acceptors (Lipinski definition) is 5. The average molecular weight is 382 g/mol. The van der Waals surface area contributed by atoms with Crippen molar-refractivity contribution >= 4 is 23.4 Å². The van der Waals surface area contributed by atoms with E-state index in [0.29, 0.717) is 38.5 Å². The molecule has 1 N–H and O–H groups in total. The molecule has 7 nitrogen and oxygen atoms in total. The van der Waals surface area contributed by atoms with E-state index in [2.05, 4.69) is 15.2 Å². The second-order valence-corrected chi connectivity index (χ2v) is 6.84. The van der Waals surface area contributed by atoms with Gasteiger partial charge in [0.1, 0.15) is 5.69 Å². The maximum Gasteiger partial charge on any atom is 0.409 e. The van der Waals surface area contributed by atoms with E-state index in [-0.39, 0.29) is 12.0 Å². The molecule has 1 aromatic carbocycles. The fourth-order valence-electron chi connectivity index (χ4n) is 3.24. The minimum Gasteiger partial charge on any atom is -0.450 e. The number of ether oxygens (including phenoxy) is 1. The number of amides is 2. The van der Waals surface area contributed by atoms with Gasteiger partial charge in [-0.3, -0.25) is 9.78 Å². The summed E-state index contributed by atoms with van der Waals surface area (Å²) >= 11 is 0. The highest BCUT2D eigenvalue weighted by Gasteiger charge is 2.22. The minimum absolute atomic E-state index is 0.237. The summed E-state index contributed by atoms with van der Waals surface area (Å²) < 4.78 is 5.05. The molecular weight excluding hydrogens is 356 g/mol. The third-order valence-electron chi connectivity index (χ3n) is 4.78. The summed E-state index contributed by atoms with van der Waals surface area (Å²) in [5, 5.41) is 2.93. The van der Waals surface area contributed by atoms with Crippen LogP contribution >= 0.6 is 0 Å². The lowest BCUT2D eigenvalue weighted by Gasteiger charge is -2.35. The first kappa shape index (κ1) is 19.7. The monoisotopic (exact) mass is 382 g/mol. The summed E-state index contributed by atoms with van der Waals surface area (Å²) in [6.07, 6.45) is 1.37. The summed E-state index contributed by atoms with van der Waals surface area (Å²) in [6.45, 7) is 8.71. The van der Waals surface area contributed by atoms with Gasteiger partial charge < -0.3 is 19.9 Å². The number of aromatic nitrogens is 1.